The molecule has 0 atom stereocenters. The quantitative estimate of drug-likeness (QED) is 0.811. The van der Waals surface area contributed by atoms with Crippen molar-refractivity contribution in [3.05, 3.63) is 29.8 Å². The molecule has 2 nitrogen and oxygen atoms in total. The van der Waals surface area contributed by atoms with Gasteiger partial charge < -0.3 is 5.11 Å². The van der Waals surface area contributed by atoms with E-state index in [0.717, 1.165) is 10.6 Å². The Morgan fingerprint density at radius 2 is 1.94 bits per heavy atom. The molecule has 0 aromatic heterocycles. The Morgan fingerprint density at radius 3 is 2.38 bits per heavy atom. The van der Waals surface area contributed by atoms with Crippen LogP contribution < -0.4 is 0 Å². The molecule has 0 aliphatic carbocycles. The highest BCUT2D eigenvalue weighted by Crippen LogP contribution is 2.23. The molecule has 1 rings (SSSR count). The van der Waals surface area contributed by atoms with Crippen molar-refractivity contribution in [3.63, 3.8) is 0 Å². The second kappa shape index (κ2) is 5.30. The molecule has 0 radical (unpaired) electrons. The molecule has 1 N–H and O–H groups in total. The van der Waals surface area contributed by atoms with E-state index in [1.54, 1.807) is 23.9 Å². The number of carbonyl (C=O) groups is 1. The standard InChI is InChI=1S/C11H12F2O2S/c1-2-16-9-5-3-8(4-6-9)7-11(12,13)10(14)15/h3-6H,2,7H2,1H3,(H,14,15). The van der Waals surface area contributed by atoms with Crippen molar-refractivity contribution in [1.82, 2.24) is 0 Å². The molecule has 16 heavy (non-hydrogen) atoms. The number of rotatable bonds is 5. The fourth-order valence-corrected chi connectivity index (χ4v) is 1.86. The van der Waals surface area contributed by atoms with Crippen LogP contribution in [0, 0.1) is 0 Å². The third kappa shape index (κ3) is 3.48. The molecule has 0 bridgehead atoms. The van der Waals surface area contributed by atoms with Crippen LogP contribution in [0.15, 0.2) is 29.2 Å². The number of hydrogen-bond donors (Lipinski definition) is 1. The van der Waals surface area contributed by atoms with E-state index in [-0.39, 0.29) is 0 Å². The van der Waals surface area contributed by atoms with Crippen molar-refractivity contribution in [2.75, 3.05) is 5.75 Å². The van der Waals surface area contributed by atoms with Crippen LogP contribution in [0.5, 0.6) is 0 Å². The number of hydrogen-bond acceptors (Lipinski definition) is 2. The summed E-state index contributed by atoms with van der Waals surface area (Å²) in [5, 5.41) is 8.29. The Morgan fingerprint density at radius 1 is 1.38 bits per heavy atom. The van der Waals surface area contributed by atoms with Crippen LogP contribution in [-0.4, -0.2) is 22.8 Å². The normalized spacial score (nSPS) is 11.4. The summed E-state index contributed by atoms with van der Waals surface area (Å²) in [6.07, 6.45) is -0.764. The predicted octanol–water partition coefficient (Wildman–Crippen LogP) is 3.06. The molecule has 0 amide bonds. The fourth-order valence-electron chi connectivity index (χ4n) is 1.20. The van der Waals surface area contributed by atoms with Crippen LogP contribution in [0.3, 0.4) is 0 Å². The van der Waals surface area contributed by atoms with Gasteiger partial charge in [-0.25, -0.2) is 4.79 Å². The first-order chi connectivity index (χ1) is 7.45. The van der Waals surface area contributed by atoms with E-state index in [0.29, 0.717) is 5.56 Å². The molecule has 0 unspecified atom stereocenters. The zero-order chi connectivity index (χ0) is 12.2. The van der Waals surface area contributed by atoms with Crippen molar-refractivity contribution in [3.8, 4) is 0 Å². The lowest BCUT2D eigenvalue weighted by molar-refractivity contribution is -0.164. The highest BCUT2D eigenvalue weighted by molar-refractivity contribution is 7.99. The molecular weight excluding hydrogens is 234 g/mol. The zero-order valence-corrected chi connectivity index (χ0v) is 9.56. The van der Waals surface area contributed by atoms with E-state index >= 15 is 0 Å². The van der Waals surface area contributed by atoms with E-state index in [1.807, 2.05) is 6.92 Å². The van der Waals surface area contributed by atoms with Crippen molar-refractivity contribution in [2.45, 2.75) is 24.2 Å². The highest BCUT2D eigenvalue weighted by Gasteiger charge is 2.38. The molecule has 0 heterocycles. The molecule has 1 aromatic rings. The average Bonchev–Trinajstić information content (AvgIpc) is 2.21. The fraction of sp³-hybridized carbons (Fsp3) is 0.364. The minimum absolute atomic E-state index is 0.327. The molecule has 88 valence electrons. The number of benzene rings is 1. The van der Waals surface area contributed by atoms with Crippen LogP contribution in [0.4, 0.5) is 8.78 Å². The number of carboxylic acid groups (broad SMARTS) is 1. The second-order valence-corrected chi connectivity index (χ2v) is 4.60. The summed E-state index contributed by atoms with van der Waals surface area (Å²) in [6, 6.07) is 6.52. The molecule has 0 saturated carbocycles. The third-order valence-electron chi connectivity index (χ3n) is 1.97. The van der Waals surface area contributed by atoms with Gasteiger partial charge in [0.25, 0.3) is 0 Å². The molecule has 5 heteroatoms. The Hall–Kier alpha value is -1.10. The van der Waals surface area contributed by atoms with Crippen LogP contribution in [0.2, 0.25) is 0 Å². The van der Waals surface area contributed by atoms with Gasteiger partial charge in [0.1, 0.15) is 0 Å². The second-order valence-electron chi connectivity index (χ2n) is 3.26. The number of halogens is 2. The van der Waals surface area contributed by atoms with Crippen molar-refractivity contribution >= 4 is 17.7 Å². The maximum absolute atomic E-state index is 12.9. The summed E-state index contributed by atoms with van der Waals surface area (Å²) in [4.78, 5) is 11.2. The Balaban J connectivity index is 2.72. The predicted molar refractivity (Wildman–Crippen MR) is 59.1 cm³/mol. The topological polar surface area (TPSA) is 37.3 Å². The van der Waals surface area contributed by atoms with Gasteiger partial charge in [0.15, 0.2) is 0 Å². The minimum atomic E-state index is -3.70. The average molecular weight is 246 g/mol. The maximum Gasteiger partial charge on any atom is 0.374 e. The van der Waals surface area contributed by atoms with Gasteiger partial charge in [-0.3, -0.25) is 0 Å². The van der Waals surface area contributed by atoms with Crippen molar-refractivity contribution in [1.29, 1.82) is 0 Å². The first-order valence-electron chi connectivity index (χ1n) is 4.78. The highest BCUT2D eigenvalue weighted by atomic mass is 32.2. The zero-order valence-electron chi connectivity index (χ0n) is 8.74. The van der Waals surface area contributed by atoms with Gasteiger partial charge in [0, 0.05) is 11.3 Å². The van der Waals surface area contributed by atoms with Crippen LogP contribution in [0.1, 0.15) is 12.5 Å². The number of alkyl halides is 2. The molecule has 0 fully saturated rings. The van der Waals surface area contributed by atoms with E-state index < -0.39 is 18.3 Å². The van der Waals surface area contributed by atoms with Crippen molar-refractivity contribution < 1.29 is 18.7 Å². The van der Waals surface area contributed by atoms with Gasteiger partial charge in [-0.15, -0.1) is 11.8 Å². The van der Waals surface area contributed by atoms with Gasteiger partial charge in [-0.05, 0) is 23.4 Å². The molecule has 0 saturated heterocycles. The summed E-state index contributed by atoms with van der Waals surface area (Å²) in [5.41, 5.74) is 0.327. The largest absolute Gasteiger partial charge is 0.477 e. The van der Waals surface area contributed by atoms with Gasteiger partial charge in [0.05, 0.1) is 0 Å². The molecule has 0 spiro atoms. The summed E-state index contributed by atoms with van der Waals surface area (Å²) < 4.78 is 25.8. The van der Waals surface area contributed by atoms with Gasteiger partial charge in [-0.2, -0.15) is 8.78 Å². The Bertz CT molecular complexity index is 363. The third-order valence-corrected chi connectivity index (χ3v) is 2.87. The molecule has 1 aromatic carbocycles. The first kappa shape index (κ1) is 13.0. The van der Waals surface area contributed by atoms with E-state index in [1.165, 1.54) is 12.1 Å². The first-order valence-corrected chi connectivity index (χ1v) is 5.77. The Labute approximate surface area is 96.7 Å². The lowest BCUT2D eigenvalue weighted by Crippen LogP contribution is -2.30. The molecular formula is C11H12F2O2S. The van der Waals surface area contributed by atoms with E-state index in [9.17, 15) is 13.6 Å². The van der Waals surface area contributed by atoms with Crippen LogP contribution in [0.25, 0.3) is 0 Å². The number of carboxylic acids is 1. The van der Waals surface area contributed by atoms with E-state index in [4.69, 9.17) is 5.11 Å². The summed E-state index contributed by atoms with van der Waals surface area (Å²) in [5.74, 6) is -4.87. The Kier molecular flexibility index (Phi) is 4.29. The minimum Gasteiger partial charge on any atom is -0.477 e. The van der Waals surface area contributed by atoms with Crippen molar-refractivity contribution in [2.24, 2.45) is 0 Å². The lowest BCUT2D eigenvalue weighted by Gasteiger charge is -2.11. The summed E-state index contributed by atoms with van der Waals surface area (Å²) >= 11 is 1.60. The number of aliphatic carboxylic acids is 1. The van der Waals surface area contributed by atoms with Gasteiger partial charge >= 0.3 is 11.9 Å². The summed E-state index contributed by atoms with van der Waals surface area (Å²) in [6.45, 7) is 2.00. The van der Waals surface area contributed by atoms with Crippen LogP contribution >= 0.6 is 11.8 Å². The number of thioether (sulfide) groups is 1. The SMILES string of the molecule is CCSc1ccc(CC(F)(F)C(=O)O)cc1. The van der Waals surface area contributed by atoms with E-state index in [2.05, 4.69) is 0 Å². The molecule has 0 aliphatic rings. The lowest BCUT2D eigenvalue weighted by atomic mass is 10.1. The monoisotopic (exact) mass is 246 g/mol. The van der Waals surface area contributed by atoms with Gasteiger partial charge in [-0.1, -0.05) is 19.1 Å². The van der Waals surface area contributed by atoms with Gasteiger partial charge in [0.2, 0.25) is 0 Å². The summed E-state index contributed by atoms with van der Waals surface area (Å²) in [7, 11) is 0. The van der Waals surface area contributed by atoms with Crippen LogP contribution in [-0.2, 0) is 11.2 Å². The maximum atomic E-state index is 12.9. The smallest absolute Gasteiger partial charge is 0.374 e. The molecule has 0 aliphatic heterocycles.